The number of rotatable bonds is 4. The highest BCUT2D eigenvalue weighted by Gasteiger charge is 2.27. The predicted octanol–water partition coefficient (Wildman–Crippen LogP) is 1.94. The number of aryl methyl sites for hydroxylation is 2. The summed E-state index contributed by atoms with van der Waals surface area (Å²) in [6, 6.07) is 8.35. The van der Waals surface area contributed by atoms with E-state index in [1.54, 1.807) is 11.9 Å². The summed E-state index contributed by atoms with van der Waals surface area (Å²) in [6.45, 7) is 4.66. The predicted molar refractivity (Wildman–Crippen MR) is 134 cm³/mol. The van der Waals surface area contributed by atoms with E-state index in [9.17, 15) is 14.4 Å². The van der Waals surface area contributed by atoms with Crippen LogP contribution in [0.4, 0.5) is 0 Å². The van der Waals surface area contributed by atoms with E-state index in [0.717, 1.165) is 28.8 Å². The Bertz CT molecular complexity index is 1350. The van der Waals surface area contributed by atoms with Crippen LogP contribution < -0.4 is 11.2 Å². The lowest BCUT2D eigenvalue weighted by atomic mass is 9.94. The summed E-state index contributed by atoms with van der Waals surface area (Å²) >= 11 is 0. The third-order valence-electron chi connectivity index (χ3n) is 7.44. The van der Waals surface area contributed by atoms with Gasteiger partial charge in [0.2, 0.25) is 5.91 Å². The maximum absolute atomic E-state index is 13.2. The van der Waals surface area contributed by atoms with Crippen LogP contribution in [0.1, 0.15) is 37.7 Å². The normalized spacial score (nSPS) is 17.7. The molecule has 1 saturated carbocycles. The first-order valence-corrected chi connectivity index (χ1v) is 12.5. The van der Waals surface area contributed by atoms with Crippen molar-refractivity contribution in [3.8, 4) is 11.4 Å². The average molecular weight is 477 g/mol. The van der Waals surface area contributed by atoms with Crippen LogP contribution in [0, 0.1) is 6.92 Å². The average Bonchev–Trinajstić information content (AvgIpc) is 2.90. The number of fused-ring (bicyclic) bond motifs is 1. The van der Waals surface area contributed by atoms with E-state index in [0.29, 0.717) is 25.0 Å². The smallest absolute Gasteiger partial charge is 0.332 e. The van der Waals surface area contributed by atoms with Crippen molar-refractivity contribution in [2.75, 3.05) is 26.2 Å². The standard InChI is InChI=1S/C26H32N6O3/c1-18-8-10-19(11-9-18)23-27-16-21-24(28-23)29(2)26(35)32(25(21)34)17-22(33)31-14-12-30(13-15-31)20-6-4-3-5-7-20/h8-11,16,20H,3-7,12-15,17H2,1-2H3. The van der Waals surface area contributed by atoms with E-state index in [4.69, 9.17) is 0 Å². The molecule has 1 amide bonds. The molecule has 0 unspecified atom stereocenters. The van der Waals surface area contributed by atoms with Crippen LogP contribution in [0.25, 0.3) is 22.4 Å². The van der Waals surface area contributed by atoms with E-state index in [1.165, 1.54) is 42.9 Å². The minimum atomic E-state index is -0.551. The van der Waals surface area contributed by atoms with Gasteiger partial charge in [0.25, 0.3) is 5.56 Å². The van der Waals surface area contributed by atoms with Crippen LogP contribution in [0.5, 0.6) is 0 Å². The number of hydrogen-bond acceptors (Lipinski definition) is 6. The monoisotopic (exact) mass is 476 g/mol. The summed E-state index contributed by atoms with van der Waals surface area (Å²) in [7, 11) is 1.57. The molecule has 3 aromatic rings. The topological polar surface area (TPSA) is 93.3 Å². The summed E-state index contributed by atoms with van der Waals surface area (Å²) in [6.07, 6.45) is 7.82. The maximum atomic E-state index is 13.2. The van der Waals surface area contributed by atoms with E-state index in [1.807, 2.05) is 31.2 Å². The van der Waals surface area contributed by atoms with Gasteiger partial charge in [0.1, 0.15) is 11.9 Å². The van der Waals surface area contributed by atoms with Crippen molar-refractivity contribution in [3.05, 3.63) is 56.9 Å². The molecule has 0 N–H and O–H groups in total. The molecule has 1 aliphatic heterocycles. The first kappa shape index (κ1) is 23.4. The molecule has 9 heteroatoms. The van der Waals surface area contributed by atoms with Crippen molar-refractivity contribution in [2.24, 2.45) is 7.05 Å². The van der Waals surface area contributed by atoms with Crippen molar-refractivity contribution in [2.45, 2.75) is 51.6 Å². The lowest BCUT2D eigenvalue weighted by Gasteiger charge is -2.40. The van der Waals surface area contributed by atoms with E-state index in [2.05, 4.69) is 14.9 Å². The molecule has 9 nitrogen and oxygen atoms in total. The van der Waals surface area contributed by atoms with Gasteiger partial charge in [-0.2, -0.15) is 0 Å². The fourth-order valence-corrected chi connectivity index (χ4v) is 5.28. The molecule has 35 heavy (non-hydrogen) atoms. The summed E-state index contributed by atoms with van der Waals surface area (Å²) in [5, 5.41) is 0.220. The highest BCUT2D eigenvalue weighted by atomic mass is 16.2. The van der Waals surface area contributed by atoms with E-state index >= 15 is 0 Å². The van der Waals surface area contributed by atoms with Crippen LogP contribution in [0.3, 0.4) is 0 Å². The molecular formula is C26H32N6O3. The van der Waals surface area contributed by atoms with Gasteiger partial charge in [0.15, 0.2) is 11.5 Å². The molecule has 184 valence electrons. The van der Waals surface area contributed by atoms with Crippen molar-refractivity contribution in [1.29, 1.82) is 0 Å². The first-order valence-electron chi connectivity index (χ1n) is 12.5. The Morgan fingerprint density at radius 1 is 1.00 bits per heavy atom. The quantitative estimate of drug-likeness (QED) is 0.571. The lowest BCUT2D eigenvalue weighted by Crippen LogP contribution is -2.54. The number of carbonyl (C=O) groups excluding carboxylic acids is 1. The van der Waals surface area contributed by atoms with E-state index in [-0.39, 0.29) is 23.5 Å². The molecule has 3 heterocycles. The molecule has 0 radical (unpaired) electrons. The molecule has 0 spiro atoms. The molecule has 2 aromatic heterocycles. The summed E-state index contributed by atoms with van der Waals surface area (Å²) in [5.41, 5.74) is 1.09. The van der Waals surface area contributed by atoms with Crippen LogP contribution >= 0.6 is 0 Å². The fraction of sp³-hybridized carbons (Fsp3) is 0.500. The third-order valence-corrected chi connectivity index (χ3v) is 7.44. The number of amides is 1. The van der Waals surface area contributed by atoms with Gasteiger partial charge >= 0.3 is 5.69 Å². The number of nitrogens with zero attached hydrogens (tertiary/aromatic N) is 6. The second-order valence-electron chi connectivity index (χ2n) is 9.74. The van der Waals surface area contributed by atoms with E-state index < -0.39 is 11.2 Å². The number of piperazine rings is 1. The second kappa shape index (κ2) is 9.73. The molecule has 2 aliphatic rings. The molecule has 0 atom stereocenters. The van der Waals surface area contributed by atoms with Gasteiger partial charge in [-0.15, -0.1) is 0 Å². The zero-order chi connectivity index (χ0) is 24.5. The molecule has 1 saturated heterocycles. The minimum absolute atomic E-state index is 0.205. The zero-order valence-electron chi connectivity index (χ0n) is 20.4. The van der Waals surface area contributed by atoms with Gasteiger partial charge in [-0.05, 0) is 19.8 Å². The summed E-state index contributed by atoms with van der Waals surface area (Å²) < 4.78 is 2.33. The van der Waals surface area contributed by atoms with Crippen molar-refractivity contribution in [1.82, 2.24) is 28.9 Å². The minimum Gasteiger partial charge on any atom is -0.339 e. The van der Waals surface area contributed by atoms with Crippen LogP contribution in [-0.4, -0.2) is 67.0 Å². The Labute approximate surface area is 204 Å². The van der Waals surface area contributed by atoms with Gasteiger partial charge in [0.05, 0.1) is 0 Å². The largest absolute Gasteiger partial charge is 0.339 e. The van der Waals surface area contributed by atoms with Crippen molar-refractivity contribution < 1.29 is 4.79 Å². The highest BCUT2D eigenvalue weighted by Crippen LogP contribution is 2.23. The summed E-state index contributed by atoms with van der Waals surface area (Å²) in [5.74, 6) is 0.237. The number of benzene rings is 1. The van der Waals surface area contributed by atoms with Gasteiger partial charge in [-0.25, -0.2) is 14.8 Å². The lowest BCUT2D eigenvalue weighted by molar-refractivity contribution is -0.134. The highest BCUT2D eigenvalue weighted by molar-refractivity contribution is 5.78. The Hall–Kier alpha value is -3.33. The second-order valence-corrected chi connectivity index (χ2v) is 9.74. The summed E-state index contributed by atoms with van der Waals surface area (Å²) in [4.78, 5) is 52.4. The number of aromatic nitrogens is 4. The van der Waals surface area contributed by atoms with Crippen LogP contribution in [0.2, 0.25) is 0 Å². The Balaban J connectivity index is 1.35. The SMILES string of the molecule is Cc1ccc(-c2ncc3c(=O)n(CC(=O)N4CCN(C5CCCCC5)CC4)c(=O)n(C)c3n2)cc1. The Morgan fingerprint density at radius 2 is 1.69 bits per heavy atom. The van der Waals surface area contributed by atoms with Crippen molar-refractivity contribution >= 4 is 16.9 Å². The Morgan fingerprint density at radius 3 is 2.37 bits per heavy atom. The maximum Gasteiger partial charge on any atom is 0.332 e. The first-order chi connectivity index (χ1) is 16.9. The van der Waals surface area contributed by atoms with Crippen LogP contribution in [0.15, 0.2) is 40.1 Å². The Kier molecular flexibility index (Phi) is 6.51. The molecule has 0 bridgehead atoms. The number of carbonyl (C=O) groups is 1. The molecular weight excluding hydrogens is 444 g/mol. The van der Waals surface area contributed by atoms with Gasteiger partial charge in [-0.3, -0.25) is 23.6 Å². The van der Waals surface area contributed by atoms with Gasteiger partial charge < -0.3 is 4.90 Å². The fourth-order valence-electron chi connectivity index (χ4n) is 5.28. The molecule has 5 rings (SSSR count). The van der Waals surface area contributed by atoms with Crippen molar-refractivity contribution in [3.63, 3.8) is 0 Å². The number of hydrogen-bond donors (Lipinski definition) is 0. The zero-order valence-corrected chi connectivity index (χ0v) is 20.4. The van der Waals surface area contributed by atoms with Gasteiger partial charge in [0, 0.05) is 51.0 Å². The molecule has 1 aliphatic carbocycles. The van der Waals surface area contributed by atoms with Crippen LogP contribution in [-0.2, 0) is 18.4 Å². The molecule has 1 aromatic carbocycles. The third kappa shape index (κ3) is 4.65. The van der Waals surface area contributed by atoms with Gasteiger partial charge in [-0.1, -0.05) is 49.1 Å². The molecule has 2 fully saturated rings.